The van der Waals surface area contributed by atoms with E-state index in [1.807, 2.05) is 6.07 Å². The number of H-pyrrole nitrogens is 1. The number of para-hydroxylation sites is 2. The number of halogens is 1. The SMILES string of the molecule is Clc1nc(-c2cccc([Si](c3ccccc3)(c3ccccc3)c3ccccc3)c2)nc(-c2ccccc2-c2cccc3c2[nH]c2ccccc23)n1. The minimum atomic E-state index is -2.76. The van der Waals surface area contributed by atoms with Crippen LogP contribution < -0.4 is 20.7 Å². The second-order valence-electron chi connectivity index (χ2n) is 12.6. The van der Waals surface area contributed by atoms with Gasteiger partial charge in [-0.3, -0.25) is 0 Å². The highest BCUT2D eigenvalue weighted by Gasteiger charge is 2.41. The molecule has 2 aromatic heterocycles. The second-order valence-corrected chi connectivity index (χ2v) is 16.8. The Bertz CT molecular complexity index is 2560. The molecule has 0 bridgehead atoms. The van der Waals surface area contributed by atoms with E-state index in [0.717, 1.165) is 33.3 Å². The Kier molecular flexibility index (Phi) is 7.84. The van der Waals surface area contributed by atoms with Crippen molar-refractivity contribution in [3.05, 3.63) is 187 Å². The maximum absolute atomic E-state index is 6.75. The summed E-state index contributed by atoms with van der Waals surface area (Å²) in [6.45, 7) is 0. The monoisotopic (exact) mass is 690 g/mol. The van der Waals surface area contributed by atoms with Crippen LogP contribution in [-0.2, 0) is 0 Å². The lowest BCUT2D eigenvalue weighted by molar-refractivity contribution is 1.07. The molecule has 0 aliphatic heterocycles. The third-order valence-corrected chi connectivity index (χ3v) is 14.7. The van der Waals surface area contributed by atoms with Gasteiger partial charge in [0.25, 0.3) is 0 Å². The largest absolute Gasteiger partial charge is 0.354 e. The summed E-state index contributed by atoms with van der Waals surface area (Å²) in [7, 11) is -2.76. The first-order chi connectivity index (χ1) is 25.2. The topological polar surface area (TPSA) is 54.5 Å². The normalized spacial score (nSPS) is 11.6. The fourth-order valence-corrected chi connectivity index (χ4v) is 12.5. The van der Waals surface area contributed by atoms with Crippen molar-refractivity contribution in [3.63, 3.8) is 0 Å². The van der Waals surface area contributed by atoms with E-state index >= 15 is 0 Å². The van der Waals surface area contributed by atoms with Crippen LogP contribution in [0, 0.1) is 0 Å². The number of benzene rings is 7. The molecule has 2 heterocycles. The highest BCUT2D eigenvalue weighted by molar-refractivity contribution is 7.19. The summed E-state index contributed by atoms with van der Waals surface area (Å²) >= 11 is 6.75. The quantitative estimate of drug-likeness (QED) is 0.135. The van der Waals surface area contributed by atoms with Gasteiger partial charge in [-0.25, -0.2) is 4.98 Å². The van der Waals surface area contributed by atoms with Gasteiger partial charge in [0.2, 0.25) is 5.28 Å². The fourth-order valence-electron chi connectivity index (χ4n) is 7.57. The molecule has 0 unspecified atom stereocenters. The van der Waals surface area contributed by atoms with Gasteiger partial charge in [0.1, 0.15) is 0 Å². The average molecular weight is 691 g/mol. The van der Waals surface area contributed by atoms with Gasteiger partial charge in [-0.1, -0.05) is 176 Å². The van der Waals surface area contributed by atoms with Crippen molar-refractivity contribution >= 4 is 62.2 Å². The first-order valence-electron chi connectivity index (χ1n) is 17.0. The van der Waals surface area contributed by atoms with Crippen LogP contribution in [0.3, 0.4) is 0 Å². The van der Waals surface area contributed by atoms with Gasteiger partial charge in [-0.05, 0) is 44.0 Å². The van der Waals surface area contributed by atoms with E-state index < -0.39 is 8.07 Å². The molecule has 0 radical (unpaired) electrons. The standard InChI is InChI=1S/C45H31ClN4Si/c46-45-49-43(48-44(50-45)40-26-11-10-24-36(40)38-27-15-28-39-37-25-12-13-29-41(37)47-42(38)39)31-16-14-23-35(30-31)51(32-17-4-1-5-18-32,33-19-6-2-7-20-33)34-21-8-3-9-22-34/h1-30,47H. The lowest BCUT2D eigenvalue weighted by atomic mass is 9.97. The number of hydrogen-bond donors (Lipinski definition) is 1. The molecule has 1 N–H and O–H groups in total. The van der Waals surface area contributed by atoms with Gasteiger partial charge < -0.3 is 4.98 Å². The molecule has 0 aliphatic rings. The summed E-state index contributed by atoms with van der Waals surface area (Å²) in [4.78, 5) is 18.2. The number of aromatic amines is 1. The van der Waals surface area contributed by atoms with Crippen molar-refractivity contribution in [1.82, 2.24) is 19.9 Å². The molecule has 6 heteroatoms. The van der Waals surface area contributed by atoms with Gasteiger partial charge in [-0.2, -0.15) is 9.97 Å². The molecule has 0 atom stereocenters. The Balaban J connectivity index is 1.22. The van der Waals surface area contributed by atoms with Gasteiger partial charge in [0, 0.05) is 33.0 Å². The Hall–Kier alpha value is -6.14. The highest BCUT2D eigenvalue weighted by Crippen LogP contribution is 2.37. The Morgan fingerprint density at radius 3 is 1.61 bits per heavy atom. The van der Waals surface area contributed by atoms with E-state index in [2.05, 4.69) is 181 Å². The molecule has 0 fully saturated rings. The molecule has 51 heavy (non-hydrogen) atoms. The van der Waals surface area contributed by atoms with Crippen molar-refractivity contribution in [2.45, 2.75) is 0 Å². The predicted octanol–water partition coefficient (Wildman–Crippen LogP) is 8.54. The van der Waals surface area contributed by atoms with Crippen LogP contribution in [0.25, 0.3) is 55.7 Å². The molecule has 7 aromatic carbocycles. The van der Waals surface area contributed by atoms with Crippen molar-refractivity contribution in [2.24, 2.45) is 0 Å². The minimum absolute atomic E-state index is 0.150. The summed E-state index contributed by atoms with van der Waals surface area (Å²) < 4.78 is 0. The zero-order valence-corrected chi connectivity index (χ0v) is 29.3. The predicted molar refractivity (Wildman–Crippen MR) is 214 cm³/mol. The molecule has 242 valence electrons. The number of nitrogens with one attached hydrogen (secondary N) is 1. The van der Waals surface area contributed by atoms with Crippen LogP contribution in [-0.4, -0.2) is 28.0 Å². The molecular weight excluding hydrogens is 660 g/mol. The molecule has 0 saturated carbocycles. The first kappa shape index (κ1) is 30.9. The lowest BCUT2D eigenvalue weighted by Crippen LogP contribution is -2.74. The van der Waals surface area contributed by atoms with Crippen molar-refractivity contribution < 1.29 is 0 Å². The molecule has 0 aliphatic carbocycles. The second kappa shape index (κ2) is 13.0. The lowest BCUT2D eigenvalue weighted by Gasteiger charge is -2.34. The maximum atomic E-state index is 6.75. The Morgan fingerprint density at radius 1 is 0.412 bits per heavy atom. The summed E-state index contributed by atoms with van der Waals surface area (Å²) in [5, 5.41) is 7.65. The summed E-state index contributed by atoms with van der Waals surface area (Å²) in [5.74, 6) is 1.05. The van der Waals surface area contributed by atoms with Crippen LogP contribution in [0.15, 0.2) is 182 Å². The van der Waals surface area contributed by atoms with Crippen LogP contribution >= 0.6 is 11.6 Å². The highest BCUT2D eigenvalue weighted by atomic mass is 35.5. The number of fused-ring (bicyclic) bond motifs is 3. The van der Waals surface area contributed by atoms with Crippen molar-refractivity contribution in [3.8, 4) is 33.9 Å². The smallest absolute Gasteiger partial charge is 0.226 e. The number of hydrogen-bond acceptors (Lipinski definition) is 3. The molecule has 4 nitrogen and oxygen atoms in total. The van der Waals surface area contributed by atoms with E-state index in [1.54, 1.807) is 0 Å². The fraction of sp³-hybridized carbons (Fsp3) is 0. The molecule has 0 saturated heterocycles. The Morgan fingerprint density at radius 2 is 0.922 bits per heavy atom. The minimum Gasteiger partial charge on any atom is -0.354 e. The molecular formula is C45H31ClN4Si. The third kappa shape index (κ3) is 5.35. The van der Waals surface area contributed by atoms with E-state index in [4.69, 9.17) is 26.6 Å². The molecule has 9 rings (SSSR count). The average Bonchev–Trinajstić information content (AvgIpc) is 3.59. The third-order valence-electron chi connectivity index (χ3n) is 9.78. The van der Waals surface area contributed by atoms with Crippen molar-refractivity contribution in [2.75, 3.05) is 0 Å². The van der Waals surface area contributed by atoms with Crippen LogP contribution in [0.2, 0.25) is 5.28 Å². The Labute approximate surface area is 302 Å². The molecule has 9 aromatic rings. The van der Waals surface area contributed by atoms with Gasteiger partial charge in [0.15, 0.2) is 19.7 Å². The molecule has 0 amide bonds. The summed E-state index contributed by atoms with van der Waals surface area (Å²) in [6, 6.07) is 64.4. The van der Waals surface area contributed by atoms with Gasteiger partial charge in [-0.15, -0.1) is 0 Å². The van der Waals surface area contributed by atoms with Gasteiger partial charge >= 0.3 is 0 Å². The number of nitrogens with zero attached hydrogens (tertiary/aromatic N) is 3. The number of rotatable bonds is 7. The first-order valence-corrected chi connectivity index (χ1v) is 19.4. The maximum Gasteiger partial charge on any atom is 0.226 e. The van der Waals surface area contributed by atoms with Crippen LogP contribution in [0.4, 0.5) is 0 Å². The van der Waals surface area contributed by atoms with E-state index in [-0.39, 0.29) is 5.28 Å². The zero-order valence-electron chi connectivity index (χ0n) is 27.5. The zero-order chi connectivity index (χ0) is 34.2. The van der Waals surface area contributed by atoms with Crippen molar-refractivity contribution in [1.29, 1.82) is 0 Å². The summed E-state index contributed by atoms with van der Waals surface area (Å²) in [5.41, 5.74) is 6.02. The van der Waals surface area contributed by atoms with Crippen LogP contribution in [0.5, 0.6) is 0 Å². The van der Waals surface area contributed by atoms with Crippen LogP contribution in [0.1, 0.15) is 0 Å². The van der Waals surface area contributed by atoms with Gasteiger partial charge in [0.05, 0.1) is 5.52 Å². The van der Waals surface area contributed by atoms with E-state index in [0.29, 0.717) is 11.6 Å². The number of aromatic nitrogens is 4. The molecule has 0 spiro atoms. The summed E-state index contributed by atoms with van der Waals surface area (Å²) in [6.07, 6.45) is 0. The van der Waals surface area contributed by atoms with E-state index in [1.165, 1.54) is 31.5 Å². The van der Waals surface area contributed by atoms with E-state index in [9.17, 15) is 0 Å².